The number of methoxy groups -OCH3 is 2. The van der Waals surface area contributed by atoms with E-state index in [0.717, 1.165) is 53.4 Å². The number of rotatable bonds is 6. The summed E-state index contributed by atoms with van der Waals surface area (Å²) in [7, 11) is 5.16. The molecule has 30 heavy (non-hydrogen) atoms. The van der Waals surface area contributed by atoms with E-state index in [-0.39, 0.29) is 5.41 Å². The van der Waals surface area contributed by atoms with Gasteiger partial charge in [-0.3, -0.25) is 4.99 Å². The van der Waals surface area contributed by atoms with Gasteiger partial charge in [-0.15, -0.1) is 11.3 Å². The average Bonchev–Trinajstić information content (AvgIpc) is 3.40. The van der Waals surface area contributed by atoms with Crippen LogP contribution in [0.25, 0.3) is 0 Å². The number of nitrogens with one attached hydrogen (secondary N) is 2. The van der Waals surface area contributed by atoms with E-state index in [4.69, 9.17) is 14.5 Å². The van der Waals surface area contributed by atoms with Crippen LogP contribution in [0.1, 0.15) is 37.9 Å². The highest BCUT2D eigenvalue weighted by Gasteiger charge is 2.24. The second kappa shape index (κ2) is 9.55. The molecular weight excluding hydrogens is 398 g/mol. The van der Waals surface area contributed by atoms with Crippen molar-refractivity contribution in [3.05, 3.63) is 34.3 Å². The second-order valence-corrected chi connectivity index (χ2v) is 9.39. The molecule has 8 heteroatoms. The van der Waals surface area contributed by atoms with Crippen LogP contribution in [0.15, 0.2) is 28.6 Å². The number of benzene rings is 1. The van der Waals surface area contributed by atoms with Gasteiger partial charge in [0.25, 0.3) is 0 Å². The van der Waals surface area contributed by atoms with Gasteiger partial charge < -0.3 is 25.0 Å². The molecule has 2 aromatic rings. The maximum absolute atomic E-state index is 5.41. The molecular formula is C22H33N5O2S. The second-order valence-electron chi connectivity index (χ2n) is 8.45. The lowest BCUT2D eigenvalue weighted by molar-refractivity contribution is 0.394. The summed E-state index contributed by atoms with van der Waals surface area (Å²) in [6.45, 7) is 9.08. The Kier molecular flexibility index (Phi) is 7.07. The molecule has 1 saturated heterocycles. The van der Waals surface area contributed by atoms with E-state index in [0.29, 0.717) is 12.6 Å². The molecule has 7 nitrogen and oxygen atoms in total. The van der Waals surface area contributed by atoms with Crippen molar-refractivity contribution in [1.82, 2.24) is 15.6 Å². The lowest BCUT2D eigenvalue weighted by Crippen LogP contribution is -2.44. The van der Waals surface area contributed by atoms with Crippen molar-refractivity contribution in [1.29, 1.82) is 0 Å². The summed E-state index contributed by atoms with van der Waals surface area (Å²) in [5.41, 5.74) is 2.31. The summed E-state index contributed by atoms with van der Waals surface area (Å²) in [6.07, 6.45) is 1.03. The minimum Gasteiger partial charge on any atom is -0.497 e. The predicted molar refractivity (Wildman–Crippen MR) is 124 cm³/mol. The van der Waals surface area contributed by atoms with Crippen LogP contribution in [0.3, 0.4) is 0 Å². The number of nitrogens with zero attached hydrogens (tertiary/aromatic N) is 3. The van der Waals surface area contributed by atoms with Crippen molar-refractivity contribution >= 4 is 23.0 Å². The Labute approximate surface area is 183 Å². The molecule has 0 saturated carbocycles. The number of guanidine groups is 1. The van der Waals surface area contributed by atoms with Gasteiger partial charge in [-0.2, -0.15) is 0 Å². The van der Waals surface area contributed by atoms with Crippen LogP contribution in [0.2, 0.25) is 0 Å². The summed E-state index contributed by atoms with van der Waals surface area (Å²) in [5.74, 6) is 2.41. The van der Waals surface area contributed by atoms with Gasteiger partial charge in [0.15, 0.2) is 5.96 Å². The van der Waals surface area contributed by atoms with Crippen molar-refractivity contribution in [2.24, 2.45) is 4.99 Å². The van der Waals surface area contributed by atoms with E-state index in [9.17, 15) is 0 Å². The Morgan fingerprint density at radius 2 is 1.93 bits per heavy atom. The quantitative estimate of drug-likeness (QED) is 0.540. The van der Waals surface area contributed by atoms with E-state index in [1.165, 1.54) is 0 Å². The molecule has 0 radical (unpaired) electrons. The fraction of sp³-hybridized carbons (Fsp3) is 0.545. The Morgan fingerprint density at radius 1 is 1.23 bits per heavy atom. The number of anilines is 1. The van der Waals surface area contributed by atoms with Crippen LogP contribution in [-0.4, -0.2) is 51.3 Å². The van der Waals surface area contributed by atoms with Crippen molar-refractivity contribution in [3.8, 4) is 11.5 Å². The Balaban J connectivity index is 1.55. The third-order valence-electron chi connectivity index (χ3n) is 5.18. The molecule has 3 rings (SSSR count). The van der Waals surface area contributed by atoms with Crippen molar-refractivity contribution in [2.75, 3.05) is 39.3 Å². The van der Waals surface area contributed by atoms with E-state index in [2.05, 4.69) is 46.7 Å². The summed E-state index contributed by atoms with van der Waals surface area (Å²) < 4.78 is 10.8. The molecule has 0 aliphatic carbocycles. The van der Waals surface area contributed by atoms with E-state index in [1.54, 1.807) is 32.6 Å². The summed E-state index contributed by atoms with van der Waals surface area (Å²) in [6, 6.07) is 6.31. The number of hydrogen-bond donors (Lipinski definition) is 2. The van der Waals surface area contributed by atoms with Crippen LogP contribution >= 0.6 is 11.3 Å². The van der Waals surface area contributed by atoms with Crippen LogP contribution in [0.5, 0.6) is 11.5 Å². The van der Waals surface area contributed by atoms with Gasteiger partial charge in [-0.1, -0.05) is 20.8 Å². The summed E-state index contributed by atoms with van der Waals surface area (Å²) in [5, 5.41) is 10.2. The largest absolute Gasteiger partial charge is 0.497 e. The molecule has 1 aromatic heterocycles. The van der Waals surface area contributed by atoms with Gasteiger partial charge in [0.2, 0.25) is 0 Å². The third kappa shape index (κ3) is 5.56. The van der Waals surface area contributed by atoms with Gasteiger partial charge in [-0.25, -0.2) is 4.98 Å². The monoisotopic (exact) mass is 431 g/mol. The van der Waals surface area contributed by atoms with Crippen LogP contribution in [0.4, 0.5) is 5.69 Å². The fourth-order valence-corrected chi connectivity index (χ4v) is 4.33. The van der Waals surface area contributed by atoms with Gasteiger partial charge in [0.05, 0.1) is 26.5 Å². The maximum Gasteiger partial charge on any atom is 0.191 e. The smallest absolute Gasteiger partial charge is 0.191 e. The van der Waals surface area contributed by atoms with Crippen molar-refractivity contribution in [2.45, 2.75) is 45.2 Å². The number of ether oxygens (including phenoxy) is 2. The molecule has 1 aliphatic heterocycles. The zero-order chi connectivity index (χ0) is 21.7. The molecule has 164 valence electrons. The summed E-state index contributed by atoms with van der Waals surface area (Å²) >= 11 is 1.69. The predicted octanol–water partition coefficient (Wildman–Crippen LogP) is 3.40. The zero-order valence-corrected chi connectivity index (χ0v) is 19.6. The third-order valence-corrected chi connectivity index (χ3v) is 6.03. The lowest BCUT2D eigenvalue weighted by atomic mass is 9.93. The lowest BCUT2D eigenvalue weighted by Gasteiger charge is -2.21. The molecule has 2 N–H and O–H groups in total. The molecule has 0 spiro atoms. The Morgan fingerprint density at radius 3 is 2.50 bits per heavy atom. The first kappa shape index (κ1) is 22.2. The maximum atomic E-state index is 5.41. The number of aliphatic imine (C=N–C) groups is 1. The van der Waals surface area contributed by atoms with E-state index < -0.39 is 0 Å². The van der Waals surface area contributed by atoms with Crippen molar-refractivity contribution in [3.63, 3.8) is 0 Å². The highest BCUT2D eigenvalue weighted by atomic mass is 32.1. The number of thiazole rings is 1. The highest BCUT2D eigenvalue weighted by Crippen LogP contribution is 2.30. The summed E-state index contributed by atoms with van der Waals surface area (Å²) in [4.78, 5) is 11.5. The molecule has 1 aromatic carbocycles. The zero-order valence-electron chi connectivity index (χ0n) is 18.8. The molecule has 0 amide bonds. The van der Waals surface area contributed by atoms with Gasteiger partial charge in [0, 0.05) is 60.9 Å². The Hall–Kier alpha value is -2.48. The standard InChI is InChI=1S/C22H33N5O2S/c1-22(2,3)19-14-30-20(26-19)12-24-21(23-4)25-15-7-8-27(13-15)16-9-17(28-5)11-18(10-16)29-6/h9-11,14-15H,7-8,12-13H2,1-6H3,(H2,23,24,25). The van der Waals surface area contributed by atoms with Gasteiger partial charge in [-0.05, 0) is 6.42 Å². The van der Waals surface area contributed by atoms with Crippen LogP contribution in [0, 0.1) is 0 Å². The molecule has 1 atom stereocenters. The first-order valence-corrected chi connectivity index (χ1v) is 11.1. The molecule has 1 fully saturated rings. The molecule has 1 aliphatic rings. The first-order valence-electron chi connectivity index (χ1n) is 10.2. The average molecular weight is 432 g/mol. The highest BCUT2D eigenvalue weighted by molar-refractivity contribution is 7.09. The Bertz CT molecular complexity index is 852. The molecule has 1 unspecified atom stereocenters. The molecule has 0 bridgehead atoms. The van der Waals surface area contributed by atoms with Gasteiger partial charge >= 0.3 is 0 Å². The first-order chi connectivity index (χ1) is 14.3. The van der Waals surface area contributed by atoms with E-state index >= 15 is 0 Å². The SMILES string of the molecule is CN=C(NCc1nc(C(C)(C)C)cs1)NC1CCN(c2cc(OC)cc(OC)c2)C1. The van der Waals surface area contributed by atoms with Crippen LogP contribution in [-0.2, 0) is 12.0 Å². The van der Waals surface area contributed by atoms with Crippen molar-refractivity contribution < 1.29 is 9.47 Å². The fourth-order valence-electron chi connectivity index (χ4n) is 3.37. The minimum absolute atomic E-state index is 0.0742. The minimum atomic E-state index is 0.0742. The normalized spacial score (nSPS) is 17.2. The number of hydrogen-bond acceptors (Lipinski definition) is 6. The topological polar surface area (TPSA) is 71.0 Å². The van der Waals surface area contributed by atoms with Crippen LogP contribution < -0.4 is 25.0 Å². The van der Waals surface area contributed by atoms with E-state index in [1.807, 2.05) is 18.2 Å². The van der Waals surface area contributed by atoms with Gasteiger partial charge in [0.1, 0.15) is 16.5 Å². The molecule has 2 heterocycles. The number of aromatic nitrogens is 1.